The van der Waals surface area contributed by atoms with Crippen LogP contribution < -0.4 is 5.32 Å². The van der Waals surface area contributed by atoms with Crippen molar-refractivity contribution in [1.29, 1.82) is 0 Å². The molecule has 17 heavy (non-hydrogen) atoms. The van der Waals surface area contributed by atoms with E-state index >= 15 is 0 Å². The molecule has 0 spiro atoms. The van der Waals surface area contributed by atoms with Crippen LogP contribution in [0.15, 0.2) is 18.3 Å². The number of hydrogen-bond acceptors (Lipinski definition) is 4. The molecule has 0 unspecified atom stereocenters. The molecule has 94 valence electrons. The monoisotopic (exact) mass is 255 g/mol. The summed E-state index contributed by atoms with van der Waals surface area (Å²) < 4.78 is 5.31. The first-order valence-electron chi connectivity index (χ1n) is 6.00. The summed E-state index contributed by atoms with van der Waals surface area (Å²) in [6.45, 7) is 5.93. The van der Waals surface area contributed by atoms with Gasteiger partial charge >= 0.3 is 0 Å². The predicted octanol–water partition coefficient (Wildman–Crippen LogP) is 1.87. The van der Waals surface area contributed by atoms with Crippen molar-refractivity contribution in [3.8, 4) is 0 Å². The number of halogens is 1. The van der Waals surface area contributed by atoms with Gasteiger partial charge in [-0.05, 0) is 25.1 Å². The molecule has 1 aliphatic rings. The lowest BCUT2D eigenvalue weighted by Crippen LogP contribution is -2.37. The average Bonchev–Trinajstić information content (AvgIpc) is 2.36. The molecule has 1 fully saturated rings. The maximum Gasteiger partial charge on any atom is 0.131 e. The Bertz CT molecular complexity index is 342. The van der Waals surface area contributed by atoms with Crippen molar-refractivity contribution < 1.29 is 4.74 Å². The summed E-state index contributed by atoms with van der Waals surface area (Å²) in [4.78, 5) is 6.38. The van der Waals surface area contributed by atoms with E-state index in [0.29, 0.717) is 5.15 Å². The summed E-state index contributed by atoms with van der Waals surface area (Å²) in [6, 6.07) is 3.77. The predicted molar refractivity (Wildman–Crippen MR) is 69.6 cm³/mol. The molecule has 1 aromatic heterocycles. The smallest absolute Gasteiger partial charge is 0.131 e. The summed E-state index contributed by atoms with van der Waals surface area (Å²) in [5.74, 6) is 0. The summed E-state index contributed by atoms with van der Waals surface area (Å²) in [5, 5.41) is 3.87. The molecule has 0 saturated carbocycles. The van der Waals surface area contributed by atoms with Crippen molar-refractivity contribution in [2.75, 3.05) is 44.7 Å². The van der Waals surface area contributed by atoms with Gasteiger partial charge < -0.3 is 10.1 Å². The number of anilines is 1. The Morgan fingerprint density at radius 1 is 1.41 bits per heavy atom. The highest BCUT2D eigenvalue weighted by molar-refractivity contribution is 6.29. The lowest BCUT2D eigenvalue weighted by molar-refractivity contribution is 0.0378. The van der Waals surface area contributed by atoms with Gasteiger partial charge in [-0.25, -0.2) is 4.98 Å². The molecular formula is C12H18ClN3O. The van der Waals surface area contributed by atoms with E-state index in [2.05, 4.69) is 15.2 Å². The zero-order valence-corrected chi connectivity index (χ0v) is 10.6. The summed E-state index contributed by atoms with van der Waals surface area (Å²) in [5.41, 5.74) is 1.03. The SMILES string of the molecule is Clc1cc(NCCCN2CCOCC2)ccn1. The van der Waals surface area contributed by atoms with Gasteiger partial charge in [0.1, 0.15) is 5.15 Å². The quantitative estimate of drug-likeness (QED) is 0.644. The standard InChI is InChI=1S/C12H18ClN3O/c13-12-10-11(2-4-15-12)14-3-1-5-16-6-8-17-9-7-16/h2,4,10H,1,3,5-9H2,(H,14,15). The van der Waals surface area contributed by atoms with E-state index in [0.717, 1.165) is 51.5 Å². The normalized spacial score (nSPS) is 17.0. The Morgan fingerprint density at radius 3 is 3.00 bits per heavy atom. The number of ether oxygens (including phenoxy) is 1. The maximum absolute atomic E-state index is 5.81. The highest BCUT2D eigenvalue weighted by Gasteiger charge is 2.08. The Balaban J connectivity index is 1.62. The average molecular weight is 256 g/mol. The largest absolute Gasteiger partial charge is 0.385 e. The number of hydrogen-bond donors (Lipinski definition) is 1. The van der Waals surface area contributed by atoms with Crippen molar-refractivity contribution in [2.45, 2.75) is 6.42 Å². The van der Waals surface area contributed by atoms with Crippen LogP contribution in [0.25, 0.3) is 0 Å². The molecule has 2 heterocycles. The first kappa shape index (κ1) is 12.6. The summed E-state index contributed by atoms with van der Waals surface area (Å²) in [6.07, 6.45) is 2.84. The van der Waals surface area contributed by atoms with Gasteiger partial charge in [-0.2, -0.15) is 0 Å². The van der Waals surface area contributed by atoms with Crippen molar-refractivity contribution in [3.63, 3.8) is 0 Å². The molecule has 1 aromatic rings. The van der Waals surface area contributed by atoms with Crippen molar-refractivity contribution >= 4 is 17.3 Å². The van der Waals surface area contributed by atoms with Gasteiger partial charge in [0.15, 0.2) is 0 Å². The fourth-order valence-corrected chi connectivity index (χ4v) is 2.05. The zero-order valence-electron chi connectivity index (χ0n) is 9.86. The van der Waals surface area contributed by atoms with Gasteiger partial charge in [0, 0.05) is 31.5 Å². The Hall–Kier alpha value is -0.840. The van der Waals surface area contributed by atoms with Gasteiger partial charge in [0.25, 0.3) is 0 Å². The van der Waals surface area contributed by atoms with Crippen LogP contribution in [-0.4, -0.2) is 49.3 Å². The van der Waals surface area contributed by atoms with Gasteiger partial charge in [0.05, 0.1) is 13.2 Å². The molecule has 1 aliphatic heterocycles. The van der Waals surface area contributed by atoms with E-state index < -0.39 is 0 Å². The molecule has 1 N–H and O–H groups in total. The van der Waals surface area contributed by atoms with E-state index in [1.807, 2.05) is 12.1 Å². The number of aromatic nitrogens is 1. The molecule has 2 rings (SSSR count). The van der Waals surface area contributed by atoms with E-state index in [-0.39, 0.29) is 0 Å². The molecule has 4 nitrogen and oxygen atoms in total. The Morgan fingerprint density at radius 2 is 2.24 bits per heavy atom. The van der Waals surface area contributed by atoms with Crippen LogP contribution in [0.3, 0.4) is 0 Å². The third-order valence-electron chi connectivity index (χ3n) is 2.81. The van der Waals surface area contributed by atoms with Crippen molar-refractivity contribution in [2.24, 2.45) is 0 Å². The van der Waals surface area contributed by atoms with Gasteiger partial charge in [-0.15, -0.1) is 0 Å². The van der Waals surface area contributed by atoms with Gasteiger partial charge in [0.2, 0.25) is 0 Å². The minimum absolute atomic E-state index is 0.531. The number of pyridine rings is 1. The molecule has 0 radical (unpaired) electrons. The number of nitrogens with one attached hydrogen (secondary N) is 1. The van der Waals surface area contributed by atoms with E-state index in [9.17, 15) is 0 Å². The van der Waals surface area contributed by atoms with Gasteiger partial charge in [-0.1, -0.05) is 11.6 Å². The molecule has 0 aromatic carbocycles. The molecule has 1 saturated heterocycles. The highest BCUT2D eigenvalue weighted by atomic mass is 35.5. The zero-order chi connectivity index (χ0) is 11.9. The summed E-state index contributed by atoms with van der Waals surface area (Å²) in [7, 11) is 0. The van der Waals surface area contributed by atoms with Crippen molar-refractivity contribution in [3.05, 3.63) is 23.5 Å². The van der Waals surface area contributed by atoms with Crippen LogP contribution in [-0.2, 0) is 4.74 Å². The lowest BCUT2D eigenvalue weighted by Gasteiger charge is -2.26. The number of morpholine rings is 1. The fourth-order valence-electron chi connectivity index (χ4n) is 1.87. The minimum Gasteiger partial charge on any atom is -0.385 e. The van der Waals surface area contributed by atoms with Crippen molar-refractivity contribution in [1.82, 2.24) is 9.88 Å². The van der Waals surface area contributed by atoms with Crippen LogP contribution in [0.5, 0.6) is 0 Å². The molecule has 0 amide bonds. The van der Waals surface area contributed by atoms with Crippen LogP contribution in [0, 0.1) is 0 Å². The van der Waals surface area contributed by atoms with E-state index in [4.69, 9.17) is 16.3 Å². The third-order valence-corrected chi connectivity index (χ3v) is 3.02. The first-order valence-corrected chi connectivity index (χ1v) is 6.38. The molecule has 0 aliphatic carbocycles. The highest BCUT2D eigenvalue weighted by Crippen LogP contribution is 2.11. The minimum atomic E-state index is 0.531. The lowest BCUT2D eigenvalue weighted by atomic mass is 10.3. The number of nitrogens with zero attached hydrogens (tertiary/aromatic N) is 2. The molecule has 5 heteroatoms. The van der Waals surface area contributed by atoms with Crippen LogP contribution in [0.2, 0.25) is 5.15 Å². The van der Waals surface area contributed by atoms with Crippen LogP contribution >= 0.6 is 11.6 Å². The van der Waals surface area contributed by atoms with E-state index in [1.54, 1.807) is 6.20 Å². The maximum atomic E-state index is 5.81. The fraction of sp³-hybridized carbons (Fsp3) is 0.583. The number of rotatable bonds is 5. The summed E-state index contributed by atoms with van der Waals surface area (Å²) >= 11 is 5.81. The third kappa shape index (κ3) is 4.50. The van der Waals surface area contributed by atoms with Crippen LogP contribution in [0.1, 0.15) is 6.42 Å². The molecule has 0 bridgehead atoms. The first-order chi connectivity index (χ1) is 8.34. The topological polar surface area (TPSA) is 37.4 Å². The molecule has 0 atom stereocenters. The van der Waals surface area contributed by atoms with E-state index in [1.165, 1.54) is 0 Å². The Kier molecular flexibility index (Phi) is 5.04. The Labute approximate surface area is 107 Å². The second kappa shape index (κ2) is 6.79. The van der Waals surface area contributed by atoms with Gasteiger partial charge in [-0.3, -0.25) is 4.90 Å². The molecular weight excluding hydrogens is 238 g/mol. The second-order valence-corrected chi connectivity index (χ2v) is 4.49. The van der Waals surface area contributed by atoms with Crippen LogP contribution in [0.4, 0.5) is 5.69 Å². The second-order valence-electron chi connectivity index (χ2n) is 4.10.